The predicted octanol–water partition coefficient (Wildman–Crippen LogP) is 6.04. The van der Waals surface area contributed by atoms with Crippen molar-refractivity contribution in [2.75, 3.05) is 0 Å². The minimum absolute atomic E-state index is 0.312. The van der Waals surface area contributed by atoms with E-state index in [4.69, 9.17) is 7.85 Å². The Kier molecular flexibility index (Phi) is 7.06. The van der Waals surface area contributed by atoms with E-state index in [-0.39, 0.29) is 0 Å². The Morgan fingerprint density at radius 1 is 0.815 bits per heavy atom. The van der Waals surface area contributed by atoms with Crippen molar-refractivity contribution in [3.63, 3.8) is 0 Å². The average Bonchev–Trinajstić information content (AvgIpc) is 3.26. The van der Waals surface area contributed by atoms with E-state index in [1.54, 1.807) is 12.5 Å². The van der Waals surface area contributed by atoms with Gasteiger partial charge in [0.05, 0.1) is 14.2 Å². The van der Waals surface area contributed by atoms with Gasteiger partial charge in [0.25, 0.3) is 0 Å². The van der Waals surface area contributed by atoms with Gasteiger partial charge in [0.15, 0.2) is 0 Å². The molecular weight excluding hydrogens is 395 g/mol. The summed E-state index contributed by atoms with van der Waals surface area (Å²) in [5.74, 6) is 0.312. The first-order valence-electron chi connectivity index (χ1n) is 8.82. The molecule has 4 heteroatoms. The topological polar surface area (TPSA) is 17.8 Å². The standard InChI is InChI=1S/C14H13B.C9H7BrN2/c15-11-14(12-7-3-1-4-8-12)13-9-5-2-6-10-13;10-8-1-3-9(4-2-8)12-6-5-11-7-12/h1-10,14H,11H2;1-7H. The van der Waals surface area contributed by atoms with Crippen molar-refractivity contribution in [2.24, 2.45) is 0 Å². The lowest BCUT2D eigenvalue weighted by molar-refractivity contribution is 0.919. The quantitative estimate of drug-likeness (QED) is 0.372. The molecule has 132 valence electrons. The number of hydrogen-bond donors (Lipinski definition) is 0. The molecule has 1 aromatic heterocycles. The normalized spacial score (nSPS) is 10.3. The van der Waals surface area contributed by atoms with Gasteiger partial charge in [-0.15, -0.1) is 0 Å². The molecule has 0 aliphatic rings. The SMILES string of the molecule is Brc1ccc(-n2ccnc2)cc1.[B]CC(c1ccccc1)c1ccccc1. The van der Waals surface area contributed by atoms with Crippen LogP contribution in [-0.4, -0.2) is 17.4 Å². The van der Waals surface area contributed by atoms with Gasteiger partial charge in [0.2, 0.25) is 0 Å². The van der Waals surface area contributed by atoms with Gasteiger partial charge >= 0.3 is 0 Å². The highest BCUT2D eigenvalue weighted by Gasteiger charge is 2.09. The van der Waals surface area contributed by atoms with Crippen LogP contribution < -0.4 is 0 Å². The smallest absolute Gasteiger partial charge is 0.0991 e. The molecule has 0 unspecified atom stereocenters. The molecule has 4 aromatic rings. The average molecular weight is 415 g/mol. The van der Waals surface area contributed by atoms with E-state index in [1.807, 2.05) is 47.2 Å². The maximum Gasteiger partial charge on any atom is 0.0991 e. The lowest BCUT2D eigenvalue weighted by Gasteiger charge is -2.15. The summed E-state index contributed by atoms with van der Waals surface area (Å²) in [5, 5.41) is 0. The molecule has 0 atom stereocenters. The van der Waals surface area contributed by atoms with Gasteiger partial charge in [0, 0.05) is 28.5 Å². The number of hydrogen-bond acceptors (Lipinski definition) is 1. The van der Waals surface area contributed by atoms with Crippen molar-refractivity contribution < 1.29 is 0 Å². The van der Waals surface area contributed by atoms with Crippen LogP contribution in [0.25, 0.3) is 5.69 Å². The first-order chi connectivity index (χ1) is 13.3. The Balaban J connectivity index is 0.000000159. The zero-order chi connectivity index (χ0) is 18.9. The van der Waals surface area contributed by atoms with Gasteiger partial charge in [-0.05, 0) is 35.4 Å². The third-order valence-corrected chi connectivity index (χ3v) is 4.80. The Morgan fingerprint density at radius 3 is 1.81 bits per heavy atom. The summed E-state index contributed by atoms with van der Waals surface area (Å²) >= 11 is 3.38. The van der Waals surface area contributed by atoms with E-state index < -0.39 is 0 Å². The minimum Gasteiger partial charge on any atom is -0.306 e. The Hall–Kier alpha value is -2.59. The third-order valence-electron chi connectivity index (χ3n) is 4.27. The molecule has 27 heavy (non-hydrogen) atoms. The molecule has 0 fully saturated rings. The van der Waals surface area contributed by atoms with Gasteiger partial charge in [-0.2, -0.15) is 0 Å². The van der Waals surface area contributed by atoms with Crippen LogP contribution in [0.15, 0.2) is 108 Å². The fourth-order valence-corrected chi connectivity index (χ4v) is 3.12. The van der Waals surface area contributed by atoms with Crippen molar-refractivity contribution >= 4 is 23.8 Å². The van der Waals surface area contributed by atoms with Crippen LogP contribution in [0.3, 0.4) is 0 Å². The van der Waals surface area contributed by atoms with Crippen LogP contribution >= 0.6 is 15.9 Å². The van der Waals surface area contributed by atoms with Crippen LogP contribution in [0.1, 0.15) is 17.0 Å². The zero-order valence-electron chi connectivity index (χ0n) is 14.9. The van der Waals surface area contributed by atoms with Crippen molar-refractivity contribution in [1.29, 1.82) is 0 Å². The highest BCUT2D eigenvalue weighted by atomic mass is 79.9. The molecular formula is C23H20BBrN2. The summed E-state index contributed by atoms with van der Waals surface area (Å²) in [6.07, 6.45) is 6.11. The van der Waals surface area contributed by atoms with Crippen LogP contribution in [0.5, 0.6) is 0 Å². The van der Waals surface area contributed by atoms with Crippen molar-refractivity contribution in [3.8, 4) is 5.69 Å². The Labute approximate surface area is 170 Å². The molecule has 3 aromatic carbocycles. The Bertz CT molecular complexity index is 868. The second kappa shape index (κ2) is 9.93. The van der Waals surface area contributed by atoms with Gasteiger partial charge in [-0.3, -0.25) is 0 Å². The van der Waals surface area contributed by atoms with E-state index in [9.17, 15) is 0 Å². The minimum atomic E-state index is 0.312. The maximum atomic E-state index is 5.84. The third kappa shape index (κ3) is 5.44. The second-order valence-corrected chi connectivity index (χ2v) is 6.97. The molecule has 0 saturated carbocycles. The summed E-state index contributed by atoms with van der Waals surface area (Å²) in [4.78, 5) is 3.97. The van der Waals surface area contributed by atoms with Crippen LogP contribution in [0, 0.1) is 0 Å². The van der Waals surface area contributed by atoms with E-state index in [1.165, 1.54) is 11.1 Å². The largest absolute Gasteiger partial charge is 0.306 e. The van der Waals surface area contributed by atoms with Crippen LogP contribution in [0.4, 0.5) is 0 Å². The monoisotopic (exact) mass is 414 g/mol. The number of halogens is 1. The number of nitrogens with zero attached hydrogens (tertiary/aromatic N) is 2. The van der Waals surface area contributed by atoms with Crippen molar-refractivity contribution in [1.82, 2.24) is 9.55 Å². The molecule has 4 rings (SSSR count). The molecule has 0 aliphatic heterocycles. The lowest BCUT2D eigenvalue weighted by Crippen LogP contribution is -1.99. The molecule has 2 nitrogen and oxygen atoms in total. The first kappa shape index (κ1) is 19.2. The fraction of sp³-hybridized carbons (Fsp3) is 0.0870. The molecule has 0 N–H and O–H groups in total. The second-order valence-electron chi connectivity index (χ2n) is 6.06. The summed E-state index contributed by atoms with van der Waals surface area (Å²) in [6.45, 7) is 0. The molecule has 2 radical (unpaired) electrons. The summed E-state index contributed by atoms with van der Waals surface area (Å²) in [7, 11) is 5.84. The number of benzene rings is 3. The lowest BCUT2D eigenvalue weighted by atomic mass is 9.81. The molecule has 1 heterocycles. The van der Waals surface area contributed by atoms with E-state index in [0.717, 1.165) is 10.2 Å². The number of rotatable bonds is 4. The highest BCUT2D eigenvalue weighted by Crippen LogP contribution is 2.26. The van der Waals surface area contributed by atoms with Gasteiger partial charge in [-0.25, -0.2) is 4.98 Å². The number of imidazole rings is 1. The molecule has 0 aliphatic carbocycles. The molecule has 0 spiro atoms. The van der Waals surface area contributed by atoms with Gasteiger partial charge in [-0.1, -0.05) is 82.9 Å². The Morgan fingerprint density at radius 2 is 1.37 bits per heavy atom. The molecule has 0 saturated heterocycles. The summed E-state index contributed by atoms with van der Waals surface area (Å²) < 4.78 is 3.05. The molecule has 0 amide bonds. The van der Waals surface area contributed by atoms with Crippen LogP contribution in [0.2, 0.25) is 6.32 Å². The maximum absolute atomic E-state index is 5.84. The van der Waals surface area contributed by atoms with E-state index in [0.29, 0.717) is 12.2 Å². The number of aromatic nitrogens is 2. The predicted molar refractivity (Wildman–Crippen MR) is 117 cm³/mol. The van der Waals surface area contributed by atoms with Crippen molar-refractivity contribution in [2.45, 2.75) is 12.2 Å². The van der Waals surface area contributed by atoms with Crippen LogP contribution in [-0.2, 0) is 0 Å². The molecule has 0 bridgehead atoms. The fourth-order valence-electron chi connectivity index (χ4n) is 2.86. The van der Waals surface area contributed by atoms with E-state index >= 15 is 0 Å². The summed E-state index contributed by atoms with van der Waals surface area (Å²) in [5.41, 5.74) is 3.69. The van der Waals surface area contributed by atoms with Crippen molar-refractivity contribution in [3.05, 3.63) is 119 Å². The van der Waals surface area contributed by atoms with Gasteiger partial charge in [0.1, 0.15) is 0 Å². The zero-order valence-corrected chi connectivity index (χ0v) is 16.5. The van der Waals surface area contributed by atoms with Gasteiger partial charge < -0.3 is 4.57 Å². The summed E-state index contributed by atoms with van der Waals surface area (Å²) in [6, 6.07) is 28.9. The highest BCUT2D eigenvalue weighted by molar-refractivity contribution is 9.10. The van der Waals surface area contributed by atoms with E-state index in [2.05, 4.69) is 69.4 Å². The first-order valence-corrected chi connectivity index (χ1v) is 9.61.